The predicted molar refractivity (Wildman–Crippen MR) is 147 cm³/mol. The highest BCUT2D eigenvalue weighted by atomic mass is 16.5. The van der Waals surface area contributed by atoms with Gasteiger partial charge in [-0.3, -0.25) is 9.59 Å². The van der Waals surface area contributed by atoms with Crippen LogP contribution in [0.1, 0.15) is 50.2 Å². The van der Waals surface area contributed by atoms with Gasteiger partial charge in [0.15, 0.2) is 17.3 Å². The Morgan fingerprint density at radius 1 is 0.950 bits per heavy atom. The van der Waals surface area contributed by atoms with Gasteiger partial charge in [0.1, 0.15) is 11.7 Å². The van der Waals surface area contributed by atoms with Crippen molar-refractivity contribution in [2.75, 3.05) is 34.5 Å². The second-order valence-electron chi connectivity index (χ2n) is 9.47. The number of Topliss-reactive ketones (excluding diaryl/α,β-unsaturated/α-hetero) is 1. The van der Waals surface area contributed by atoms with E-state index in [2.05, 4.69) is 5.32 Å². The van der Waals surface area contributed by atoms with Crippen LogP contribution in [0.25, 0.3) is 0 Å². The largest absolute Gasteiger partial charge is 0.497 e. The summed E-state index contributed by atoms with van der Waals surface area (Å²) in [5.74, 6) is -2.68. The van der Waals surface area contributed by atoms with Crippen molar-refractivity contribution in [3.8, 4) is 17.2 Å². The first-order chi connectivity index (χ1) is 19.3. The molecule has 9 nitrogen and oxygen atoms in total. The zero-order chi connectivity index (χ0) is 29.0. The topological polar surface area (TPSA) is 109 Å². The number of allylic oxidation sites excluding steroid dienone is 3. The predicted octanol–water partition coefficient (Wildman–Crippen LogP) is 4.43. The highest BCUT2D eigenvalue weighted by molar-refractivity contribution is 6.13. The van der Waals surface area contributed by atoms with Crippen molar-refractivity contribution >= 4 is 17.7 Å². The lowest BCUT2D eigenvalue weighted by Gasteiger charge is -2.39. The van der Waals surface area contributed by atoms with E-state index in [1.807, 2.05) is 18.2 Å². The summed E-state index contributed by atoms with van der Waals surface area (Å²) in [7, 11) is 4.58. The molecule has 0 fully saturated rings. The molecule has 0 radical (unpaired) electrons. The van der Waals surface area contributed by atoms with Crippen molar-refractivity contribution in [3.63, 3.8) is 0 Å². The van der Waals surface area contributed by atoms with E-state index in [0.29, 0.717) is 46.2 Å². The molecule has 40 heavy (non-hydrogen) atoms. The third-order valence-electron chi connectivity index (χ3n) is 7.32. The Bertz CT molecular complexity index is 1380. The molecule has 4 rings (SSSR count). The lowest BCUT2D eigenvalue weighted by molar-refractivity contribution is -0.152. The van der Waals surface area contributed by atoms with Crippen molar-refractivity contribution < 1.29 is 38.1 Å². The molecule has 0 saturated carbocycles. The molecule has 2 aromatic carbocycles. The summed E-state index contributed by atoms with van der Waals surface area (Å²) in [4.78, 5) is 41.3. The Morgan fingerprint density at radius 3 is 2.33 bits per heavy atom. The fourth-order valence-electron chi connectivity index (χ4n) is 5.65. The smallest absolute Gasteiger partial charge is 0.336 e. The molecule has 0 saturated heterocycles. The number of ketones is 1. The van der Waals surface area contributed by atoms with E-state index in [1.165, 1.54) is 14.2 Å². The third-order valence-corrected chi connectivity index (χ3v) is 7.32. The van der Waals surface area contributed by atoms with Crippen LogP contribution in [-0.2, 0) is 23.9 Å². The molecule has 212 valence electrons. The molecular weight excluding hydrogens is 514 g/mol. The van der Waals surface area contributed by atoms with Crippen LogP contribution in [0.2, 0.25) is 0 Å². The molecule has 1 N–H and O–H groups in total. The normalized spacial score (nSPS) is 20.4. The zero-order valence-electron chi connectivity index (χ0n) is 23.7. The summed E-state index contributed by atoms with van der Waals surface area (Å²) >= 11 is 0. The fourth-order valence-corrected chi connectivity index (χ4v) is 5.65. The number of esters is 2. The first kappa shape index (κ1) is 28.7. The second-order valence-corrected chi connectivity index (χ2v) is 9.47. The first-order valence-electron chi connectivity index (χ1n) is 13.2. The minimum atomic E-state index is -1.13. The van der Waals surface area contributed by atoms with Gasteiger partial charge in [0.05, 0.1) is 46.0 Å². The number of rotatable bonds is 9. The average molecular weight is 550 g/mol. The number of dihydropyridines is 1. The van der Waals surface area contributed by atoms with Gasteiger partial charge in [-0.05, 0) is 51.0 Å². The molecular formula is C31H35NO8. The van der Waals surface area contributed by atoms with Crippen LogP contribution in [0.15, 0.2) is 65.0 Å². The van der Waals surface area contributed by atoms with Crippen LogP contribution in [0.5, 0.6) is 17.2 Å². The second kappa shape index (κ2) is 12.3. The number of para-hydroxylation sites is 1. The molecule has 0 aromatic heterocycles. The molecule has 0 amide bonds. The Morgan fingerprint density at radius 2 is 1.68 bits per heavy atom. The molecule has 1 heterocycles. The van der Waals surface area contributed by atoms with E-state index in [-0.39, 0.29) is 18.8 Å². The Balaban J connectivity index is 1.96. The number of benzene rings is 2. The molecule has 2 aliphatic rings. The Kier molecular flexibility index (Phi) is 8.82. The highest BCUT2D eigenvalue weighted by Crippen LogP contribution is 2.51. The summed E-state index contributed by atoms with van der Waals surface area (Å²) in [6.07, 6.45) is 0.327. The van der Waals surface area contributed by atoms with Crippen LogP contribution in [0, 0.1) is 5.92 Å². The van der Waals surface area contributed by atoms with Crippen molar-refractivity contribution in [3.05, 3.63) is 76.1 Å². The van der Waals surface area contributed by atoms with Crippen molar-refractivity contribution in [2.24, 2.45) is 5.92 Å². The van der Waals surface area contributed by atoms with E-state index in [4.69, 9.17) is 23.7 Å². The summed E-state index contributed by atoms with van der Waals surface area (Å²) < 4.78 is 27.5. The Hall–Kier alpha value is -4.27. The summed E-state index contributed by atoms with van der Waals surface area (Å²) in [6, 6.07) is 12.6. The monoisotopic (exact) mass is 549 g/mol. The minimum absolute atomic E-state index is 0.123. The molecule has 9 heteroatoms. The van der Waals surface area contributed by atoms with E-state index in [0.717, 1.165) is 5.56 Å². The lowest BCUT2D eigenvalue weighted by Crippen LogP contribution is -2.43. The van der Waals surface area contributed by atoms with Crippen LogP contribution in [-0.4, -0.2) is 52.3 Å². The molecule has 2 aromatic rings. The average Bonchev–Trinajstić information content (AvgIpc) is 2.95. The van der Waals surface area contributed by atoms with Crippen LogP contribution >= 0.6 is 0 Å². The van der Waals surface area contributed by atoms with Gasteiger partial charge >= 0.3 is 11.9 Å². The number of ether oxygens (including phenoxy) is 5. The van der Waals surface area contributed by atoms with Crippen molar-refractivity contribution in [1.82, 2.24) is 5.32 Å². The van der Waals surface area contributed by atoms with E-state index < -0.39 is 35.5 Å². The number of carbonyl (C=O) groups is 3. The zero-order valence-corrected chi connectivity index (χ0v) is 23.7. The maximum absolute atomic E-state index is 14.5. The van der Waals surface area contributed by atoms with Gasteiger partial charge in [0.25, 0.3) is 0 Å². The van der Waals surface area contributed by atoms with Gasteiger partial charge in [-0.1, -0.05) is 24.3 Å². The number of nitrogens with one attached hydrogen (secondary N) is 1. The summed E-state index contributed by atoms with van der Waals surface area (Å²) in [6.45, 7) is 5.47. The van der Waals surface area contributed by atoms with Gasteiger partial charge in [-0.15, -0.1) is 0 Å². The number of hydrogen-bond donors (Lipinski definition) is 1. The van der Waals surface area contributed by atoms with Crippen molar-refractivity contribution in [2.45, 2.75) is 39.0 Å². The van der Waals surface area contributed by atoms with Crippen LogP contribution in [0.3, 0.4) is 0 Å². The molecule has 1 aliphatic carbocycles. The molecule has 1 aliphatic heterocycles. The molecule has 0 bridgehead atoms. The van der Waals surface area contributed by atoms with E-state index >= 15 is 0 Å². The maximum Gasteiger partial charge on any atom is 0.336 e. The number of carbonyl (C=O) groups excluding carboxylic acids is 3. The van der Waals surface area contributed by atoms with E-state index in [1.54, 1.807) is 52.1 Å². The molecule has 0 spiro atoms. The SMILES string of the molecule is CCOC(=O)C1=C(C)NC2=C(C(=O)[C@@H](C(=O)OCC)[C@@H](c3cccc(OC)c3)C2)[C@@H]1c1cccc(OC)c1OC. The van der Waals surface area contributed by atoms with Crippen LogP contribution < -0.4 is 19.5 Å². The maximum atomic E-state index is 14.5. The molecule has 3 atom stereocenters. The van der Waals surface area contributed by atoms with Crippen molar-refractivity contribution in [1.29, 1.82) is 0 Å². The third kappa shape index (κ3) is 5.15. The first-order valence-corrected chi connectivity index (χ1v) is 13.2. The van der Waals surface area contributed by atoms with Gasteiger partial charge < -0.3 is 29.0 Å². The summed E-state index contributed by atoms with van der Waals surface area (Å²) in [5, 5.41) is 3.31. The highest BCUT2D eigenvalue weighted by Gasteiger charge is 2.49. The van der Waals surface area contributed by atoms with Gasteiger partial charge in [-0.25, -0.2) is 4.79 Å². The number of methoxy groups -OCH3 is 3. The van der Waals surface area contributed by atoms with Crippen LogP contribution in [0.4, 0.5) is 0 Å². The van der Waals surface area contributed by atoms with Gasteiger partial charge in [0, 0.05) is 28.4 Å². The Labute approximate surface area is 234 Å². The minimum Gasteiger partial charge on any atom is -0.497 e. The van der Waals surface area contributed by atoms with Gasteiger partial charge in [0.2, 0.25) is 0 Å². The summed E-state index contributed by atoms with van der Waals surface area (Å²) in [5.41, 5.74) is 3.07. The number of hydrogen-bond acceptors (Lipinski definition) is 9. The fraction of sp³-hybridized carbons (Fsp3) is 0.387. The molecule has 0 unspecified atom stereocenters. The van der Waals surface area contributed by atoms with Gasteiger partial charge in [-0.2, -0.15) is 0 Å². The standard InChI is InChI=1S/C31H35NO8/c1-7-39-30(34)24-17(3)32-22-16-21(18-11-9-12-19(15-18)36-4)26(31(35)40-8-2)28(33)27(22)25(24)20-13-10-14-23(37-5)29(20)38-6/h9-15,21,25-26,32H,7-8,16H2,1-6H3/t21-,25-,26+/m1/s1. The van der Waals surface area contributed by atoms with E-state index in [9.17, 15) is 14.4 Å². The lowest BCUT2D eigenvalue weighted by atomic mass is 9.67. The quantitative estimate of drug-likeness (QED) is 0.359.